The van der Waals surface area contributed by atoms with E-state index < -0.39 is 17.9 Å². The number of unbranched alkanes of at least 4 members (excludes halogenated alkanes) is 7. The second-order valence-electron chi connectivity index (χ2n) is 8.91. The molecule has 8 heteroatoms. The van der Waals surface area contributed by atoms with E-state index in [1.54, 1.807) is 21.0 Å². The van der Waals surface area contributed by atoms with Crippen molar-refractivity contribution in [1.82, 2.24) is 0 Å². The maximum atomic E-state index is 12.0. The van der Waals surface area contributed by atoms with Gasteiger partial charge in [0.1, 0.15) is 11.5 Å². The number of carbonyl (C=O) groups is 2. The van der Waals surface area contributed by atoms with Gasteiger partial charge >= 0.3 is 11.9 Å². The van der Waals surface area contributed by atoms with Crippen molar-refractivity contribution in [2.45, 2.75) is 71.6 Å². The summed E-state index contributed by atoms with van der Waals surface area (Å²) in [7, 11) is 1.63. The predicted molar refractivity (Wildman–Crippen MR) is 147 cm³/mol. The van der Waals surface area contributed by atoms with Gasteiger partial charge in [-0.25, -0.2) is 0 Å². The fourth-order valence-corrected chi connectivity index (χ4v) is 3.89. The van der Waals surface area contributed by atoms with Gasteiger partial charge in [-0.1, -0.05) is 44.9 Å². The Balaban J connectivity index is 1.52. The number of carbonyl (C=O) groups excluding carboxylic acids is 2. The van der Waals surface area contributed by atoms with Crippen LogP contribution < -0.4 is 9.47 Å². The van der Waals surface area contributed by atoms with E-state index in [0.29, 0.717) is 13.0 Å². The lowest BCUT2D eigenvalue weighted by Crippen LogP contribution is -2.28. The Bertz CT molecular complexity index is 942. The molecule has 0 N–H and O–H groups in total. The van der Waals surface area contributed by atoms with Crippen molar-refractivity contribution < 1.29 is 28.5 Å². The van der Waals surface area contributed by atoms with Crippen molar-refractivity contribution in [1.29, 1.82) is 0 Å². The van der Waals surface area contributed by atoms with Crippen LogP contribution in [0.25, 0.3) is 0 Å². The molecule has 2 rings (SSSR count). The molecule has 0 saturated carbocycles. The maximum absolute atomic E-state index is 12.0. The normalized spacial score (nSPS) is 11.1. The number of azo groups is 1. The van der Waals surface area contributed by atoms with Crippen molar-refractivity contribution in [2.24, 2.45) is 16.1 Å². The third-order valence-corrected chi connectivity index (χ3v) is 5.99. The van der Waals surface area contributed by atoms with Crippen LogP contribution in [0.1, 0.15) is 71.6 Å². The summed E-state index contributed by atoms with van der Waals surface area (Å²) in [6.45, 7) is 4.71. The monoisotopic (exact) mass is 526 g/mol. The Kier molecular flexibility index (Phi) is 15.2. The lowest BCUT2D eigenvalue weighted by molar-refractivity contribution is -0.161. The van der Waals surface area contributed by atoms with Gasteiger partial charge in [-0.15, -0.1) is 0 Å². The predicted octanol–water partition coefficient (Wildman–Crippen LogP) is 7.74. The summed E-state index contributed by atoms with van der Waals surface area (Å²) < 4.78 is 21.0. The summed E-state index contributed by atoms with van der Waals surface area (Å²) in [5.74, 6) is -0.123. The Morgan fingerprint density at radius 1 is 0.658 bits per heavy atom. The zero-order chi connectivity index (χ0) is 27.4. The van der Waals surface area contributed by atoms with Crippen LogP contribution in [0, 0.1) is 5.92 Å². The minimum atomic E-state index is -0.796. The van der Waals surface area contributed by atoms with Gasteiger partial charge in [0.15, 0.2) is 5.92 Å². The molecule has 0 amide bonds. The van der Waals surface area contributed by atoms with Crippen LogP contribution in [0.3, 0.4) is 0 Å². The number of nitrogens with zero attached hydrogens (tertiary/aromatic N) is 2. The fraction of sp³-hybridized carbons (Fsp3) is 0.533. The number of hydrogen-bond donors (Lipinski definition) is 0. The maximum Gasteiger partial charge on any atom is 0.320 e. The largest absolute Gasteiger partial charge is 0.497 e. The summed E-state index contributed by atoms with van der Waals surface area (Å²) >= 11 is 0. The molecule has 0 spiro atoms. The molecule has 0 saturated heterocycles. The van der Waals surface area contributed by atoms with Crippen molar-refractivity contribution >= 4 is 23.3 Å². The van der Waals surface area contributed by atoms with E-state index in [2.05, 4.69) is 10.2 Å². The average molecular weight is 527 g/mol. The van der Waals surface area contributed by atoms with Gasteiger partial charge in [-0.3, -0.25) is 9.59 Å². The summed E-state index contributed by atoms with van der Waals surface area (Å²) in [6.07, 6.45) is 9.03. The topological polar surface area (TPSA) is 95.8 Å². The van der Waals surface area contributed by atoms with Crippen molar-refractivity contribution in [3.63, 3.8) is 0 Å². The quantitative estimate of drug-likeness (QED) is 0.0804. The standard InChI is InChI=1S/C30H42N2O6/c1-4-36-29(33)28(30(34)37-5-2)14-12-10-8-6-7-9-11-13-23-38-27-21-17-25(18-22-27)32-31-24-15-19-26(35-3)20-16-24/h15-22,28H,4-14,23H2,1-3H3. The Labute approximate surface area is 226 Å². The lowest BCUT2D eigenvalue weighted by Gasteiger charge is -2.14. The van der Waals surface area contributed by atoms with E-state index >= 15 is 0 Å². The molecule has 2 aromatic rings. The molecule has 0 aromatic heterocycles. The molecule has 208 valence electrons. The second kappa shape index (κ2) is 18.8. The van der Waals surface area contributed by atoms with E-state index in [-0.39, 0.29) is 13.2 Å². The number of hydrogen-bond acceptors (Lipinski definition) is 8. The second-order valence-corrected chi connectivity index (χ2v) is 8.91. The molecule has 0 aliphatic carbocycles. The van der Waals surface area contributed by atoms with Crippen LogP contribution in [0.2, 0.25) is 0 Å². The van der Waals surface area contributed by atoms with E-state index in [0.717, 1.165) is 61.4 Å². The van der Waals surface area contributed by atoms with Crippen LogP contribution in [0.4, 0.5) is 11.4 Å². The Morgan fingerprint density at radius 3 is 1.58 bits per heavy atom. The minimum Gasteiger partial charge on any atom is -0.497 e. The third kappa shape index (κ3) is 12.2. The molecule has 0 bridgehead atoms. The molecule has 0 aliphatic heterocycles. The number of ether oxygens (including phenoxy) is 4. The first-order chi connectivity index (χ1) is 18.6. The first-order valence-electron chi connectivity index (χ1n) is 13.7. The van der Waals surface area contributed by atoms with E-state index in [1.165, 1.54) is 12.8 Å². The van der Waals surface area contributed by atoms with Gasteiger partial charge in [-0.05, 0) is 75.2 Å². The summed E-state index contributed by atoms with van der Waals surface area (Å²) in [5, 5.41) is 8.49. The van der Waals surface area contributed by atoms with Crippen LogP contribution >= 0.6 is 0 Å². The average Bonchev–Trinajstić information content (AvgIpc) is 2.93. The van der Waals surface area contributed by atoms with Crippen molar-refractivity contribution in [3.8, 4) is 11.5 Å². The van der Waals surface area contributed by atoms with Crippen molar-refractivity contribution in [2.75, 3.05) is 26.9 Å². The van der Waals surface area contributed by atoms with Crippen LogP contribution in [-0.4, -0.2) is 38.9 Å². The first kappa shape index (κ1) is 30.8. The van der Waals surface area contributed by atoms with Gasteiger partial charge in [0, 0.05) is 0 Å². The molecule has 0 aliphatic rings. The Morgan fingerprint density at radius 2 is 1.11 bits per heavy atom. The molecular weight excluding hydrogens is 484 g/mol. The van der Waals surface area contributed by atoms with Gasteiger partial charge in [-0.2, -0.15) is 10.2 Å². The molecule has 8 nitrogen and oxygen atoms in total. The fourth-order valence-electron chi connectivity index (χ4n) is 3.89. The highest BCUT2D eigenvalue weighted by Crippen LogP contribution is 2.23. The summed E-state index contributed by atoms with van der Waals surface area (Å²) in [5.41, 5.74) is 1.54. The highest BCUT2D eigenvalue weighted by molar-refractivity contribution is 5.94. The SMILES string of the molecule is CCOC(=O)C(CCCCCCCCCCOc1ccc(N=Nc2ccc(OC)cc2)cc1)C(=O)OCC. The summed E-state index contributed by atoms with van der Waals surface area (Å²) in [4.78, 5) is 24.0. The lowest BCUT2D eigenvalue weighted by atomic mass is 10.00. The molecule has 0 radical (unpaired) electrons. The van der Waals surface area contributed by atoms with Crippen molar-refractivity contribution in [3.05, 3.63) is 48.5 Å². The molecule has 2 aromatic carbocycles. The van der Waals surface area contributed by atoms with E-state index in [1.807, 2.05) is 48.5 Å². The van der Waals surface area contributed by atoms with E-state index in [4.69, 9.17) is 18.9 Å². The van der Waals surface area contributed by atoms with Gasteiger partial charge in [0.2, 0.25) is 0 Å². The Hall–Kier alpha value is -3.42. The smallest absolute Gasteiger partial charge is 0.320 e. The van der Waals surface area contributed by atoms with Crippen LogP contribution in [-0.2, 0) is 19.1 Å². The molecular formula is C30H42N2O6. The van der Waals surface area contributed by atoms with Crippen LogP contribution in [0.5, 0.6) is 11.5 Å². The first-order valence-corrected chi connectivity index (χ1v) is 13.7. The highest BCUT2D eigenvalue weighted by atomic mass is 16.6. The molecule has 38 heavy (non-hydrogen) atoms. The highest BCUT2D eigenvalue weighted by Gasteiger charge is 2.28. The van der Waals surface area contributed by atoms with Gasteiger partial charge in [0.05, 0.1) is 38.3 Å². The zero-order valence-corrected chi connectivity index (χ0v) is 23.0. The number of methoxy groups -OCH3 is 1. The molecule has 0 heterocycles. The number of esters is 2. The van der Waals surface area contributed by atoms with Crippen LogP contribution in [0.15, 0.2) is 58.8 Å². The zero-order valence-electron chi connectivity index (χ0n) is 23.0. The van der Waals surface area contributed by atoms with Gasteiger partial charge in [0.25, 0.3) is 0 Å². The molecule has 0 atom stereocenters. The molecule has 0 fully saturated rings. The number of benzene rings is 2. The van der Waals surface area contributed by atoms with E-state index in [9.17, 15) is 9.59 Å². The van der Waals surface area contributed by atoms with Gasteiger partial charge < -0.3 is 18.9 Å². The third-order valence-electron chi connectivity index (χ3n) is 5.99. The summed E-state index contributed by atoms with van der Waals surface area (Å²) in [6, 6.07) is 15.0. The number of rotatable bonds is 19. The minimum absolute atomic E-state index is 0.269. The molecule has 0 unspecified atom stereocenters.